The summed E-state index contributed by atoms with van der Waals surface area (Å²) in [6.07, 6.45) is 5.58. The first-order valence-electron chi connectivity index (χ1n) is 12.1. The number of anilines is 1. The summed E-state index contributed by atoms with van der Waals surface area (Å²) in [5, 5.41) is 8.18. The Hall–Kier alpha value is -2.52. The summed E-state index contributed by atoms with van der Waals surface area (Å²) in [4.78, 5) is 40.3. The number of carbonyl (C=O) groups is 3. The van der Waals surface area contributed by atoms with Crippen molar-refractivity contribution in [3.05, 3.63) is 29.6 Å². The average molecular weight is 458 g/mol. The third-order valence-corrected chi connectivity index (χ3v) is 7.94. The van der Waals surface area contributed by atoms with Gasteiger partial charge in [-0.1, -0.05) is 0 Å². The van der Waals surface area contributed by atoms with Gasteiger partial charge in [-0.15, -0.1) is 0 Å². The normalized spacial score (nSPS) is 26.1. The van der Waals surface area contributed by atoms with Gasteiger partial charge < -0.3 is 15.5 Å². The zero-order chi connectivity index (χ0) is 23.0. The number of piperidine rings is 2. The Morgan fingerprint density at radius 3 is 2.48 bits per heavy atom. The largest absolute Gasteiger partial charge is 0.369 e. The topological polar surface area (TPSA) is 93.8 Å². The monoisotopic (exact) mass is 457 g/mol. The summed E-state index contributed by atoms with van der Waals surface area (Å²) >= 11 is 0. The lowest BCUT2D eigenvalue weighted by Gasteiger charge is -2.55. The quantitative estimate of drug-likeness (QED) is 0.585. The van der Waals surface area contributed by atoms with Crippen LogP contribution in [0.4, 0.5) is 10.1 Å². The Bertz CT molecular complexity index is 932. The number of benzene rings is 1. The molecule has 1 aromatic rings. The van der Waals surface area contributed by atoms with E-state index in [9.17, 15) is 18.8 Å². The number of halogens is 1. The number of piperazine rings is 1. The van der Waals surface area contributed by atoms with Crippen molar-refractivity contribution >= 4 is 23.4 Å². The fourth-order valence-electron chi connectivity index (χ4n) is 5.86. The minimum absolute atomic E-state index is 0.0937. The van der Waals surface area contributed by atoms with Crippen LogP contribution in [0.5, 0.6) is 0 Å². The standard InChI is InChI=1S/C24H32FN5O3/c25-19-13-16(1-2-18(19)22(32)27-20-3-4-21(31)28-23(20)33)29-9-11-30(12-10-29)17-14-24(15-17)5-7-26-8-6-24/h1-2,13,17,20,26H,3-12,14-15H2,(H,27,32)(H,28,31,33). The molecule has 1 aromatic carbocycles. The van der Waals surface area contributed by atoms with Gasteiger partial charge in [0.1, 0.15) is 11.9 Å². The van der Waals surface area contributed by atoms with E-state index in [-0.39, 0.29) is 24.3 Å². The lowest BCUT2D eigenvalue weighted by Crippen LogP contribution is -2.58. The first-order valence-corrected chi connectivity index (χ1v) is 12.1. The molecule has 178 valence electrons. The van der Waals surface area contributed by atoms with Gasteiger partial charge in [-0.05, 0) is 68.8 Å². The number of hydrogen-bond acceptors (Lipinski definition) is 6. The fourth-order valence-corrected chi connectivity index (χ4v) is 5.86. The van der Waals surface area contributed by atoms with Crippen LogP contribution in [0.1, 0.15) is 48.9 Å². The zero-order valence-corrected chi connectivity index (χ0v) is 18.9. The molecule has 0 aromatic heterocycles. The fraction of sp³-hybridized carbons (Fsp3) is 0.625. The van der Waals surface area contributed by atoms with Gasteiger partial charge in [0.15, 0.2) is 0 Å². The number of carbonyl (C=O) groups excluding carboxylic acids is 3. The lowest BCUT2D eigenvalue weighted by molar-refractivity contribution is -0.134. The summed E-state index contributed by atoms with van der Waals surface area (Å²) in [6, 6.07) is 4.51. The average Bonchev–Trinajstić information content (AvgIpc) is 2.80. The third kappa shape index (κ3) is 4.61. The molecule has 3 N–H and O–H groups in total. The smallest absolute Gasteiger partial charge is 0.254 e. The summed E-state index contributed by atoms with van der Waals surface area (Å²) < 4.78 is 14.8. The van der Waals surface area contributed by atoms with Crippen LogP contribution in [0.3, 0.4) is 0 Å². The second kappa shape index (κ2) is 9.02. The van der Waals surface area contributed by atoms with Gasteiger partial charge in [0, 0.05) is 44.3 Å². The van der Waals surface area contributed by atoms with Gasteiger partial charge in [0.2, 0.25) is 11.8 Å². The van der Waals surface area contributed by atoms with Crippen LogP contribution in [0.25, 0.3) is 0 Å². The van der Waals surface area contributed by atoms with Crippen LogP contribution in [-0.2, 0) is 9.59 Å². The van der Waals surface area contributed by atoms with E-state index in [0.29, 0.717) is 11.5 Å². The van der Waals surface area contributed by atoms with Gasteiger partial charge in [0.05, 0.1) is 5.56 Å². The Morgan fingerprint density at radius 2 is 1.82 bits per heavy atom. The van der Waals surface area contributed by atoms with E-state index in [1.165, 1.54) is 37.8 Å². The van der Waals surface area contributed by atoms with Crippen molar-refractivity contribution in [2.45, 2.75) is 50.6 Å². The second-order valence-electron chi connectivity index (χ2n) is 9.98. The van der Waals surface area contributed by atoms with Gasteiger partial charge in [0.25, 0.3) is 5.91 Å². The third-order valence-electron chi connectivity index (χ3n) is 7.94. The Kier molecular flexibility index (Phi) is 6.09. The van der Waals surface area contributed by atoms with Crippen LogP contribution < -0.4 is 20.9 Å². The van der Waals surface area contributed by atoms with E-state index in [4.69, 9.17) is 0 Å². The van der Waals surface area contributed by atoms with Crippen molar-refractivity contribution in [2.75, 3.05) is 44.2 Å². The summed E-state index contributed by atoms with van der Waals surface area (Å²) in [5.74, 6) is -2.15. The molecular formula is C24H32FN5O3. The minimum atomic E-state index is -0.821. The van der Waals surface area contributed by atoms with Gasteiger partial charge >= 0.3 is 0 Å². The number of nitrogens with one attached hydrogen (secondary N) is 3. The van der Waals surface area contributed by atoms with Gasteiger partial charge in [-0.25, -0.2) is 4.39 Å². The SMILES string of the molecule is O=C1CCC(NC(=O)c2ccc(N3CCN(C4CC5(CCNCC5)C4)CC3)cc2F)C(=O)N1. The molecule has 1 atom stereocenters. The lowest BCUT2D eigenvalue weighted by atomic mass is 9.60. The molecule has 3 heterocycles. The first kappa shape index (κ1) is 22.3. The molecule has 3 aliphatic heterocycles. The van der Waals surface area contributed by atoms with E-state index >= 15 is 0 Å². The highest BCUT2D eigenvalue weighted by molar-refractivity contribution is 6.03. The molecule has 5 rings (SSSR count). The number of amides is 3. The van der Waals surface area contributed by atoms with E-state index < -0.39 is 23.7 Å². The Morgan fingerprint density at radius 1 is 1.09 bits per heavy atom. The molecule has 1 saturated carbocycles. The molecule has 0 radical (unpaired) electrons. The summed E-state index contributed by atoms with van der Waals surface area (Å²) in [6.45, 7) is 5.91. The van der Waals surface area contributed by atoms with Crippen LogP contribution >= 0.6 is 0 Å². The van der Waals surface area contributed by atoms with E-state index in [0.717, 1.165) is 45.0 Å². The molecule has 0 bridgehead atoms. The molecule has 33 heavy (non-hydrogen) atoms. The maximum atomic E-state index is 14.8. The van der Waals surface area contributed by atoms with E-state index in [1.54, 1.807) is 6.07 Å². The predicted molar refractivity (Wildman–Crippen MR) is 121 cm³/mol. The molecule has 1 unspecified atom stereocenters. The molecule has 8 nitrogen and oxygen atoms in total. The number of hydrogen-bond donors (Lipinski definition) is 3. The molecule has 1 aliphatic carbocycles. The predicted octanol–water partition coefficient (Wildman–Crippen LogP) is 1.01. The highest BCUT2D eigenvalue weighted by atomic mass is 19.1. The summed E-state index contributed by atoms with van der Waals surface area (Å²) in [7, 11) is 0. The van der Waals surface area contributed by atoms with Crippen molar-refractivity contribution < 1.29 is 18.8 Å². The molecule has 4 fully saturated rings. The maximum absolute atomic E-state index is 14.8. The first-order chi connectivity index (χ1) is 15.9. The highest BCUT2D eigenvalue weighted by Gasteiger charge is 2.46. The molecule has 1 spiro atoms. The number of nitrogens with zero attached hydrogens (tertiary/aromatic N) is 2. The van der Waals surface area contributed by atoms with Crippen LogP contribution in [0.15, 0.2) is 18.2 Å². The number of imide groups is 1. The van der Waals surface area contributed by atoms with Gasteiger partial charge in [-0.2, -0.15) is 0 Å². The van der Waals surface area contributed by atoms with Crippen LogP contribution in [-0.4, -0.2) is 74.0 Å². The molecular weight excluding hydrogens is 425 g/mol. The maximum Gasteiger partial charge on any atom is 0.254 e. The van der Waals surface area contributed by atoms with Crippen molar-refractivity contribution in [1.82, 2.24) is 20.9 Å². The second-order valence-corrected chi connectivity index (χ2v) is 9.98. The molecule has 9 heteroatoms. The summed E-state index contributed by atoms with van der Waals surface area (Å²) in [5.41, 5.74) is 1.25. The van der Waals surface area contributed by atoms with Crippen molar-refractivity contribution in [1.29, 1.82) is 0 Å². The Labute approximate surface area is 193 Å². The Balaban J connectivity index is 1.14. The van der Waals surface area contributed by atoms with E-state index in [1.807, 2.05) is 0 Å². The van der Waals surface area contributed by atoms with E-state index in [2.05, 4.69) is 25.8 Å². The zero-order valence-electron chi connectivity index (χ0n) is 18.9. The van der Waals surface area contributed by atoms with Gasteiger partial charge in [-0.3, -0.25) is 24.6 Å². The van der Waals surface area contributed by atoms with Crippen molar-refractivity contribution in [3.63, 3.8) is 0 Å². The highest BCUT2D eigenvalue weighted by Crippen LogP contribution is 2.50. The minimum Gasteiger partial charge on any atom is -0.369 e. The number of rotatable bonds is 4. The molecule has 4 aliphatic rings. The molecule has 3 saturated heterocycles. The van der Waals surface area contributed by atoms with Crippen LogP contribution in [0, 0.1) is 11.2 Å². The molecule has 3 amide bonds. The van der Waals surface area contributed by atoms with Crippen molar-refractivity contribution in [2.24, 2.45) is 5.41 Å². The van der Waals surface area contributed by atoms with Crippen molar-refractivity contribution in [3.8, 4) is 0 Å². The van der Waals surface area contributed by atoms with Crippen LogP contribution in [0.2, 0.25) is 0 Å².